The molecule has 11 heteroatoms. The Kier molecular flexibility index (Phi) is 5.74. The van der Waals surface area contributed by atoms with Gasteiger partial charge in [0.25, 0.3) is 5.91 Å². The molecule has 4 rings (SSSR count). The number of hydrogen-bond donors (Lipinski definition) is 0. The van der Waals surface area contributed by atoms with Crippen LogP contribution in [0.1, 0.15) is 15.9 Å². The first-order valence-electron chi connectivity index (χ1n) is 9.95. The second-order valence-corrected chi connectivity index (χ2v) is 7.75. The van der Waals surface area contributed by atoms with Crippen molar-refractivity contribution in [3.05, 3.63) is 59.3 Å². The van der Waals surface area contributed by atoms with Crippen molar-refractivity contribution >= 4 is 17.6 Å². The second-order valence-electron chi connectivity index (χ2n) is 7.75. The van der Waals surface area contributed by atoms with E-state index in [4.69, 9.17) is 0 Å². The van der Waals surface area contributed by atoms with Gasteiger partial charge in [0.1, 0.15) is 5.82 Å². The highest BCUT2D eigenvalue weighted by Crippen LogP contribution is 2.29. The van der Waals surface area contributed by atoms with Crippen LogP contribution in [0, 0.1) is 17.6 Å². The molecule has 6 nitrogen and oxygen atoms in total. The van der Waals surface area contributed by atoms with E-state index in [1.165, 1.54) is 17.0 Å². The largest absolute Gasteiger partial charge is 0.417 e. The highest BCUT2D eigenvalue weighted by Gasteiger charge is 2.39. The summed E-state index contributed by atoms with van der Waals surface area (Å²) in [5.74, 6) is -2.68. The molecule has 170 valence electrons. The van der Waals surface area contributed by atoms with Gasteiger partial charge in [0.15, 0.2) is 11.6 Å². The van der Waals surface area contributed by atoms with Gasteiger partial charge in [-0.3, -0.25) is 9.59 Å². The highest BCUT2D eigenvalue weighted by atomic mass is 19.4. The average molecular weight is 454 g/mol. The first-order valence-corrected chi connectivity index (χ1v) is 9.95. The predicted octanol–water partition coefficient (Wildman–Crippen LogP) is 2.80. The fourth-order valence-corrected chi connectivity index (χ4v) is 3.77. The second kappa shape index (κ2) is 8.36. The number of hydrogen-bond acceptors (Lipinski definition) is 4. The standard InChI is InChI=1S/C21H19F5N4O2/c22-16-3-1-13(9-17(16)23)19(31)30-11-14(12-30)20(32)29-7-5-28(6-8-29)18-4-2-15(10-27-18)21(24,25)26/h1-4,9-10,14H,5-8,11-12H2. The number of pyridine rings is 1. The molecule has 0 spiro atoms. The lowest BCUT2D eigenvalue weighted by Gasteiger charge is -2.43. The number of alkyl halides is 3. The molecule has 2 saturated heterocycles. The van der Waals surface area contributed by atoms with Gasteiger partial charge >= 0.3 is 6.18 Å². The maximum absolute atomic E-state index is 13.3. The smallest absolute Gasteiger partial charge is 0.353 e. The van der Waals surface area contributed by atoms with Gasteiger partial charge < -0.3 is 14.7 Å². The molecule has 0 N–H and O–H groups in total. The number of benzene rings is 1. The van der Waals surface area contributed by atoms with Crippen molar-refractivity contribution < 1.29 is 31.5 Å². The molecule has 0 unspecified atom stereocenters. The summed E-state index contributed by atoms with van der Waals surface area (Å²) in [6, 6.07) is 5.21. The first-order chi connectivity index (χ1) is 15.1. The zero-order valence-corrected chi connectivity index (χ0v) is 16.8. The Hall–Kier alpha value is -3.24. The summed E-state index contributed by atoms with van der Waals surface area (Å²) in [5.41, 5.74) is -0.796. The molecule has 0 saturated carbocycles. The SMILES string of the molecule is O=C(c1ccc(F)c(F)c1)N1CC(C(=O)N2CCN(c3ccc(C(F)(F)F)cn3)CC2)C1. The molecule has 0 radical (unpaired) electrons. The van der Waals surface area contributed by atoms with Crippen molar-refractivity contribution in [3.63, 3.8) is 0 Å². The average Bonchev–Trinajstić information content (AvgIpc) is 2.74. The molecular formula is C21H19F5N4O2. The van der Waals surface area contributed by atoms with Crippen LogP contribution >= 0.6 is 0 Å². The molecule has 2 aromatic rings. The minimum absolute atomic E-state index is 0.0208. The molecule has 32 heavy (non-hydrogen) atoms. The summed E-state index contributed by atoms with van der Waals surface area (Å²) in [4.78, 5) is 33.8. The van der Waals surface area contributed by atoms with Gasteiger partial charge in [0, 0.05) is 51.0 Å². The fraction of sp³-hybridized carbons (Fsp3) is 0.381. The predicted molar refractivity (Wildman–Crippen MR) is 104 cm³/mol. The molecule has 2 aliphatic rings. The monoisotopic (exact) mass is 454 g/mol. The van der Waals surface area contributed by atoms with E-state index in [1.807, 2.05) is 4.90 Å². The molecule has 0 bridgehead atoms. The van der Waals surface area contributed by atoms with Crippen LogP contribution in [0.3, 0.4) is 0 Å². The number of likely N-dealkylation sites (tertiary alicyclic amines) is 1. The Morgan fingerprint density at radius 1 is 0.906 bits per heavy atom. The number of halogens is 5. The van der Waals surface area contributed by atoms with Crippen LogP contribution in [0.2, 0.25) is 0 Å². The zero-order chi connectivity index (χ0) is 23.0. The summed E-state index contributed by atoms with van der Waals surface area (Å²) in [6.07, 6.45) is -3.65. The van der Waals surface area contributed by atoms with Crippen LogP contribution in [0.25, 0.3) is 0 Å². The maximum Gasteiger partial charge on any atom is 0.417 e. The van der Waals surface area contributed by atoms with E-state index in [0.717, 1.165) is 24.4 Å². The highest BCUT2D eigenvalue weighted by molar-refractivity contribution is 5.96. The minimum Gasteiger partial charge on any atom is -0.353 e. The van der Waals surface area contributed by atoms with E-state index >= 15 is 0 Å². The number of amides is 2. The third kappa shape index (κ3) is 4.37. The summed E-state index contributed by atoms with van der Waals surface area (Å²) in [6.45, 7) is 2.00. The fourth-order valence-electron chi connectivity index (χ4n) is 3.77. The molecule has 3 heterocycles. The lowest BCUT2D eigenvalue weighted by atomic mass is 9.96. The number of anilines is 1. The normalized spacial score (nSPS) is 17.3. The van der Waals surface area contributed by atoms with Crippen molar-refractivity contribution in [2.45, 2.75) is 6.18 Å². The summed E-state index contributed by atoms with van der Waals surface area (Å²) < 4.78 is 64.4. The van der Waals surface area contributed by atoms with Gasteiger partial charge in [0.05, 0.1) is 11.5 Å². The number of carbonyl (C=O) groups excluding carboxylic acids is 2. The molecule has 2 amide bonds. The molecule has 0 atom stereocenters. The van der Waals surface area contributed by atoms with Crippen LogP contribution in [0.15, 0.2) is 36.5 Å². The van der Waals surface area contributed by atoms with Gasteiger partial charge in [-0.1, -0.05) is 0 Å². The number of nitrogens with zero attached hydrogens (tertiary/aromatic N) is 4. The van der Waals surface area contributed by atoms with Gasteiger partial charge in [-0.2, -0.15) is 13.2 Å². The maximum atomic E-state index is 13.3. The Bertz CT molecular complexity index is 1010. The Labute approximate surface area is 180 Å². The molecule has 2 fully saturated rings. The quantitative estimate of drug-likeness (QED) is 0.670. The van der Waals surface area contributed by atoms with E-state index in [0.29, 0.717) is 32.0 Å². The number of piperazine rings is 1. The first kappa shape index (κ1) is 22.0. The summed E-state index contributed by atoms with van der Waals surface area (Å²) in [7, 11) is 0. The van der Waals surface area contributed by atoms with Gasteiger partial charge in [-0.25, -0.2) is 13.8 Å². The number of aromatic nitrogens is 1. The zero-order valence-electron chi connectivity index (χ0n) is 16.8. The third-order valence-electron chi connectivity index (χ3n) is 5.68. The van der Waals surface area contributed by atoms with Crippen molar-refractivity contribution in [3.8, 4) is 0 Å². The lowest BCUT2D eigenvalue weighted by Crippen LogP contribution is -2.59. The number of rotatable bonds is 3. The van der Waals surface area contributed by atoms with Crippen LogP contribution in [-0.4, -0.2) is 65.9 Å². The third-order valence-corrected chi connectivity index (χ3v) is 5.68. The number of carbonyl (C=O) groups is 2. The van der Waals surface area contributed by atoms with E-state index in [1.54, 1.807) is 4.90 Å². The van der Waals surface area contributed by atoms with Crippen molar-refractivity contribution in [2.75, 3.05) is 44.2 Å². The Balaban J connectivity index is 1.27. The van der Waals surface area contributed by atoms with Gasteiger partial charge in [-0.15, -0.1) is 0 Å². The van der Waals surface area contributed by atoms with Crippen LogP contribution in [0.4, 0.5) is 27.8 Å². The van der Waals surface area contributed by atoms with Gasteiger partial charge in [0.2, 0.25) is 5.91 Å². The minimum atomic E-state index is -4.44. The van der Waals surface area contributed by atoms with E-state index < -0.39 is 29.3 Å². The van der Waals surface area contributed by atoms with E-state index in [9.17, 15) is 31.5 Å². The molecule has 2 aliphatic heterocycles. The Morgan fingerprint density at radius 3 is 2.16 bits per heavy atom. The van der Waals surface area contributed by atoms with Crippen LogP contribution < -0.4 is 4.90 Å². The van der Waals surface area contributed by atoms with Crippen molar-refractivity contribution in [1.29, 1.82) is 0 Å². The van der Waals surface area contributed by atoms with Crippen LogP contribution in [-0.2, 0) is 11.0 Å². The van der Waals surface area contributed by atoms with E-state index in [2.05, 4.69) is 4.98 Å². The molecule has 1 aromatic heterocycles. The van der Waals surface area contributed by atoms with Crippen molar-refractivity contribution in [1.82, 2.24) is 14.8 Å². The molecular weight excluding hydrogens is 435 g/mol. The molecule has 0 aliphatic carbocycles. The van der Waals surface area contributed by atoms with Gasteiger partial charge in [-0.05, 0) is 30.3 Å². The Morgan fingerprint density at radius 2 is 1.59 bits per heavy atom. The molecule has 1 aromatic carbocycles. The summed E-state index contributed by atoms with van der Waals surface area (Å²) in [5, 5.41) is 0. The van der Waals surface area contributed by atoms with E-state index in [-0.39, 0.29) is 30.5 Å². The topological polar surface area (TPSA) is 56.8 Å². The van der Waals surface area contributed by atoms with Crippen molar-refractivity contribution in [2.24, 2.45) is 5.92 Å². The van der Waals surface area contributed by atoms with Crippen LogP contribution in [0.5, 0.6) is 0 Å². The summed E-state index contributed by atoms with van der Waals surface area (Å²) >= 11 is 0. The lowest BCUT2D eigenvalue weighted by molar-refractivity contribution is -0.140.